The average Bonchev–Trinajstić information content (AvgIpc) is 2.74. The highest BCUT2D eigenvalue weighted by Gasteiger charge is 2.13. The van der Waals surface area contributed by atoms with Gasteiger partial charge < -0.3 is 14.8 Å². The Balaban J connectivity index is 1.80. The van der Waals surface area contributed by atoms with Crippen molar-refractivity contribution >= 4 is 11.6 Å². The van der Waals surface area contributed by atoms with Crippen LogP contribution in [0.25, 0.3) is 0 Å². The van der Waals surface area contributed by atoms with Crippen LogP contribution < -0.4 is 14.8 Å². The Labute approximate surface area is 166 Å². The van der Waals surface area contributed by atoms with Crippen LogP contribution >= 0.6 is 0 Å². The van der Waals surface area contributed by atoms with E-state index in [2.05, 4.69) is 12.2 Å². The molecule has 0 unspecified atom stereocenters. The van der Waals surface area contributed by atoms with Crippen molar-refractivity contribution in [3.8, 4) is 11.5 Å². The van der Waals surface area contributed by atoms with Gasteiger partial charge in [-0.3, -0.25) is 4.79 Å². The van der Waals surface area contributed by atoms with E-state index in [0.29, 0.717) is 18.8 Å². The Hall–Kier alpha value is -3.27. The number of carbonyl (C=O) groups is 1. The summed E-state index contributed by atoms with van der Waals surface area (Å²) in [7, 11) is 0. The largest absolute Gasteiger partial charge is 0.493 e. The summed E-state index contributed by atoms with van der Waals surface area (Å²) in [5.74, 6) is 1.35. The summed E-state index contributed by atoms with van der Waals surface area (Å²) >= 11 is 0. The van der Waals surface area contributed by atoms with Gasteiger partial charge in [0.05, 0.1) is 6.61 Å². The summed E-state index contributed by atoms with van der Waals surface area (Å²) < 4.78 is 11.6. The summed E-state index contributed by atoms with van der Waals surface area (Å²) in [6.07, 6.45) is 0.857. The number of rotatable bonds is 8. The van der Waals surface area contributed by atoms with E-state index in [4.69, 9.17) is 9.47 Å². The molecule has 144 valence electrons. The molecule has 0 spiro atoms. The SMILES string of the molecule is CCOc1ccc(C(=O)Nc2ccccc2CC)cc1COc1ccccc1. The topological polar surface area (TPSA) is 47.6 Å². The number of aryl methyl sites for hydroxylation is 1. The Morgan fingerprint density at radius 2 is 1.61 bits per heavy atom. The van der Waals surface area contributed by atoms with Crippen LogP contribution in [-0.2, 0) is 13.0 Å². The number of ether oxygens (including phenoxy) is 2. The number of hydrogen-bond acceptors (Lipinski definition) is 3. The van der Waals surface area contributed by atoms with Crippen LogP contribution in [0.3, 0.4) is 0 Å². The molecule has 1 amide bonds. The number of para-hydroxylation sites is 2. The molecular weight excluding hydrogens is 350 g/mol. The lowest BCUT2D eigenvalue weighted by molar-refractivity contribution is 0.102. The molecule has 4 heteroatoms. The van der Waals surface area contributed by atoms with E-state index in [1.54, 1.807) is 6.07 Å². The van der Waals surface area contributed by atoms with E-state index in [-0.39, 0.29) is 5.91 Å². The van der Waals surface area contributed by atoms with Crippen LogP contribution in [0.5, 0.6) is 11.5 Å². The maximum absolute atomic E-state index is 12.8. The summed E-state index contributed by atoms with van der Waals surface area (Å²) in [6, 6.07) is 22.9. The Kier molecular flexibility index (Phi) is 6.68. The summed E-state index contributed by atoms with van der Waals surface area (Å²) in [4.78, 5) is 12.8. The standard InChI is InChI=1S/C24H25NO3/c1-3-18-10-8-9-13-22(18)25-24(26)19-14-15-23(27-4-2)20(16-19)17-28-21-11-6-5-7-12-21/h5-16H,3-4,17H2,1-2H3,(H,25,26). The zero-order chi connectivity index (χ0) is 19.8. The molecule has 28 heavy (non-hydrogen) atoms. The first kappa shape index (κ1) is 19.5. The number of anilines is 1. The van der Waals surface area contributed by atoms with Gasteiger partial charge >= 0.3 is 0 Å². The minimum atomic E-state index is -0.148. The summed E-state index contributed by atoms with van der Waals surface area (Å²) in [6.45, 7) is 4.88. The smallest absolute Gasteiger partial charge is 0.255 e. The van der Waals surface area contributed by atoms with Crippen molar-refractivity contribution < 1.29 is 14.3 Å². The number of amides is 1. The third-order valence-electron chi connectivity index (χ3n) is 4.41. The minimum absolute atomic E-state index is 0.148. The molecule has 3 aromatic carbocycles. The Morgan fingerprint density at radius 1 is 0.857 bits per heavy atom. The van der Waals surface area contributed by atoms with Crippen LogP contribution in [0.1, 0.15) is 35.3 Å². The summed E-state index contributed by atoms with van der Waals surface area (Å²) in [5, 5.41) is 3.01. The van der Waals surface area contributed by atoms with Crippen molar-refractivity contribution in [3.05, 3.63) is 89.5 Å². The fraction of sp³-hybridized carbons (Fsp3) is 0.208. The van der Waals surface area contributed by atoms with Gasteiger partial charge in [-0.1, -0.05) is 43.3 Å². The van der Waals surface area contributed by atoms with Crippen molar-refractivity contribution in [2.24, 2.45) is 0 Å². The maximum atomic E-state index is 12.8. The molecule has 0 radical (unpaired) electrons. The van der Waals surface area contributed by atoms with Crippen molar-refractivity contribution in [1.29, 1.82) is 0 Å². The highest BCUT2D eigenvalue weighted by molar-refractivity contribution is 6.04. The quantitative estimate of drug-likeness (QED) is 0.567. The van der Waals surface area contributed by atoms with Gasteiger partial charge in [0, 0.05) is 16.8 Å². The van der Waals surface area contributed by atoms with Gasteiger partial charge in [-0.15, -0.1) is 0 Å². The monoisotopic (exact) mass is 375 g/mol. The fourth-order valence-electron chi connectivity index (χ4n) is 2.95. The highest BCUT2D eigenvalue weighted by atomic mass is 16.5. The predicted molar refractivity (Wildman–Crippen MR) is 112 cm³/mol. The van der Waals surface area contributed by atoms with Crippen LogP contribution in [-0.4, -0.2) is 12.5 Å². The predicted octanol–water partition coefficient (Wildman–Crippen LogP) is 5.48. The summed E-state index contributed by atoms with van der Waals surface area (Å²) in [5.41, 5.74) is 3.35. The third kappa shape index (κ3) is 4.92. The molecule has 0 aliphatic rings. The maximum Gasteiger partial charge on any atom is 0.255 e. The molecule has 3 rings (SSSR count). The second kappa shape index (κ2) is 9.60. The Morgan fingerprint density at radius 3 is 2.36 bits per heavy atom. The van der Waals surface area contributed by atoms with Gasteiger partial charge in [-0.25, -0.2) is 0 Å². The van der Waals surface area contributed by atoms with Crippen molar-refractivity contribution in [2.75, 3.05) is 11.9 Å². The molecule has 4 nitrogen and oxygen atoms in total. The molecule has 0 heterocycles. The van der Waals surface area contributed by atoms with Gasteiger partial charge in [0.2, 0.25) is 0 Å². The molecule has 0 bridgehead atoms. The molecule has 0 aromatic heterocycles. The van der Waals surface area contributed by atoms with E-state index in [0.717, 1.165) is 34.7 Å². The number of carbonyl (C=O) groups excluding carboxylic acids is 1. The van der Waals surface area contributed by atoms with Gasteiger partial charge in [-0.05, 0) is 55.3 Å². The number of hydrogen-bond donors (Lipinski definition) is 1. The zero-order valence-electron chi connectivity index (χ0n) is 16.3. The second-order valence-electron chi connectivity index (χ2n) is 6.32. The fourth-order valence-corrected chi connectivity index (χ4v) is 2.95. The van der Waals surface area contributed by atoms with E-state index in [1.165, 1.54) is 0 Å². The van der Waals surface area contributed by atoms with Crippen LogP contribution in [0.2, 0.25) is 0 Å². The molecule has 0 aliphatic heterocycles. The lowest BCUT2D eigenvalue weighted by Gasteiger charge is -2.14. The van der Waals surface area contributed by atoms with Gasteiger partial charge in [-0.2, -0.15) is 0 Å². The normalized spacial score (nSPS) is 10.4. The highest BCUT2D eigenvalue weighted by Crippen LogP contribution is 2.24. The molecule has 1 N–H and O–H groups in total. The molecule has 0 saturated carbocycles. The third-order valence-corrected chi connectivity index (χ3v) is 4.41. The first-order chi connectivity index (χ1) is 13.7. The van der Waals surface area contributed by atoms with E-state index in [9.17, 15) is 4.79 Å². The lowest BCUT2D eigenvalue weighted by atomic mass is 10.1. The second-order valence-corrected chi connectivity index (χ2v) is 6.32. The number of nitrogens with one attached hydrogen (secondary N) is 1. The van der Waals surface area contributed by atoms with E-state index >= 15 is 0 Å². The van der Waals surface area contributed by atoms with Gasteiger partial charge in [0.1, 0.15) is 18.1 Å². The minimum Gasteiger partial charge on any atom is -0.493 e. The van der Waals surface area contributed by atoms with Gasteiger partial charge in [0.15, 0.2) is 0 Å². The first-order valence-electron chi connectivity index (χ1n) is 9.54. The molecule has 0 saturated heterocycles. The Bertz CT molecular complexity index is 922. The molecule has 0 aliphatic carbocycles. The molecule has 0 atom stereocenters. The molecule has 3 aromatic rings. The van der Waals surface area contributed by atoms with Crippen molar-refractivity contribution in [2.45, 2.75) is 26.9 Å². The van der Waals surface area contributed by atoms with Crippen molar-refractivity contribution in [3.63, 3.8) is 0 Å². The number of benzene rings is 3. The average molecular weight is 375 g/mol. The van der Waals surface area contributed by atoms with E-state index < -0.39 is 0 Å². The van der Waals surface area contributed by atoms with Crippen LogP contribution in [0.4, 0.5) is 5.69 Å². The molecular formula is C24H25NO3. The lowest BCUT2D eigenvalue weighted by Crippen LogP contribution is -2.14. The zero-order valence-corrected chi connectivity index (χ0v) is 16.3. The first-order valence-corrected chi connectivity index (χ1v) is 9.54. The van der Waals surface area contributed by atoms with Crippen LogP contribution in [0, 0.1) is 0 Å². The van der Waals surface area contributed by atoms with Crippen LogP contribution in [0.15, 0.2) is 72.8 Å². The van der Waals surface area contributed by atoms with Gasteiger partial charge in [0.25, 0.3) is 5.91 Å². The molecule has 0 fully saturated rings. The van der Waals surface area contributed by atoms with Crippen molar-refractivity contribution in [1.82, 2.24) is 0 Å². The van der Waals surface area contributed by atoms with E-state index in [1.807, 2.05) is 73.7 Å².